The largest absolute Gasteiger partial charge is 0.0890 e. The minimum absolute atomic E-state index is 1.10. The molecule has 2 aromatic rings. The van der Waals surface area contributed by atoms with Gasteiger partial charge >= 0.3 is 0 Å². The molecule has 0 fully saturated rings. The molecule has 0 aliphatic rings. The monoisotopic (exact) mass is 418 g/mol. The molecule has 0 unspecified atom stereocenters. The topological polar surface area (TPSA) is 0 Å². The lowest BCUT2D eigenvalue weighted by Gasteiger charge is -2.05. The van der Waals surface area contributed by atoms with Gasteiger partial charge in [0.15, 0.2) is 0 Å². The van der Waals surface area contributed by atoms with E-state index in [0.29, 0.717) is 0 Å². The molecule has 0 amide bonds. The second-order valence-electron chi connectivity index (χ2n) is 3.67. The number of hydrogen-bond donors (Lipinski definition) is 0. The predicted octanol–water partition coefficient (Wildman–Crippen LogP) is 5.77. The molecule has 0 heterocycles. The molecule has 0 nitrogen and oxygen atoms in total. The van der Waals surface area contributed by atoms with Crippen LogP contribution in [0.2, 0.25) is 0 Å². The fraction of sp³-hybridized carbons (Fsp3) is 0.143. The second-order valence-corrected chi connectivity index (χ2v) is 6.87. The van der Waals surface area contributed by atoms with E-state index in [-0.39, 0.29) is 0 Å². The van der Waals surface area contributed by atoms with E-state index in [2.05, 4.69) is 87.9 Å². The molecule has 0 aromatic heterocycles. The molecule has 0 aliphatic heterocycles. The van der Waals surface area contributed by atoms with Gasteiger partial charge in [-0.05, 0) is 64.9 Å². The maximum Gasteiger partial charge on any atom is 0.0281 e. The lowest BCUT2D eigenvalue weighted by Crippen LogP contribution is -1.81. The maximum absolute atomic E-state index is 3.49. The van der Waals surface area contributed by atoms with Crippen molar-refractivity contribution in [3.8, 4) is 0 Å². The quantitative estimate of drug-likeness (QED) is 0.570. The van der Waals surface area contributed by atoms with Gasteiger partial charge in [-0.25, -0.2) is 0 Å². The van der Waals surface area contributed by atoms with E-state index in [4.69, 9.17) is 0 Å². The van der Waals surface area contributed by atoms with E-state index < -0.39 is 0 Å². The van der Waals surface area contributed by atoms with Crippen LogP contribution in [0.25, 0.3) is 0 Å². The smallest absolute Gasteiger partial charge is 0.0281 e. The zero-order valence-corrected chi connectivity index (χ0v) is 14.0. The van der Waals surface area contributed by atoms with Gasteiger partial charge in [0.25, 0.3) is 0 Å². The highest BCUT2D eigenvalue weighted by molar-refractivity contribution is 14.1. The average molecular weight is 419 g/mol. The SMILES string of the molecule is CCc1ccc(Sc2ccc(Br)cc2I)cc1. The Labute approximate surface area is 128 Å². The first-order valence-corrected chi connectivity index (χ1v) is 8.09. The molecule has 0 bridgehead atoms. The van der Waals surface area contributed by atoms with Gasteiger partial charge in [-0.2, -0.15) is 0 Å². The van der Waals surface area contributed by atoms with Crippen LogP contribution in [0.1, 0.15) is 12.5 Å². The van der Waals surface area contributed by atoms with E-state index in [9.17, 15) is 0 Å². The van der Waals surface area contributed by atoms with Crippen LogP contribution < -0.4 is 0 Å². The van der Waals surface area contributed by atoms with Crippen molar-refractivity contribution in [2.45, 2.75) is 23.1 Å². The molecule has 0 saturated carbocycles. The Hall–Kier alpha value is -0.000000000000000111. The summed E-state index contributed by atoms with van der Waals surface area (Å²) < 4.78 is 2.41. The van der Waals surface area contributed by atoms with E-state index in [0.717, 1.165) is 10.9 Å². The van der Waals surface area contributed by atoms with E-state index in [1.807, 2.05) is 11.8 Å². The van der Waals surface area contributed by atoms with Crippen LogP contribution in [0.5, 0.6) is 0 Å². The zero-order chi connectivity index (χ0) is 12.3. The van der Waals surface area contributed by atoms with Gasteiger partial charge in [0.2, 0.25) is 0 Å². The third-order valence-corrected chi connectivity index (χ3v) is 5.29. The van der Waals surface area contributed by atoms with Gasteiger partial charge in [0.1, 0.15) is 0 Å². The van der Waals surface area contributed by atoms with Crippen molar-refractivity contribution in [3.05, 3.63) is 56.1 Å². The normalized spacial score (nSPS) is 10.5. The van der Waals surface area contributed by atoms with Crippen LogP contribution in [0.15, 0.2) is 56.7 Å². The summed E-state index contributed by atoms with van der Waals surface area (Å²) in [6.45, 7) is 2.18. The summed E-state index contributed by atoms with van der Waals surface area (Å²) in [5.74, 6) is 0. The van der Waals surface area contributed by atoms with Crippen LogP contribution >= 0.6 is 50.3 Å². The van der Waals surface area contributed by atoms with Crippen LogP contribution in [-0.4, -0.2) is 0 Å². The third-order valence-electron chi connectivity index (χ3n) is 2.45. The second kappa shape index (κ2) is 6.25. The molecule has 0 atom stereocenters. The van der Waals surface area contributed by atoms with Crippen molar-refractivity contribution < 1.29 is 0 Å². The lowest BCUT2D eigenvalue weighted by atomic mass is 10.2. The number of rotatable bonds is 3. The molecule has 0 spiro atoms. The Morgan fingerprint density at radius 2 is 1.82 bits per heavy atom. The van der Waals surface area contributed by atoms with E-state index in [1.165, 1.54) is 18.9 Å². The molecule has 0 aliphatic carbocycles. The van der Waals surface area contributed by atoms with Crippen molar-refractivity contribution in [1.82, 2.24) is 0 Å². The number of halogens is 2. The number of hydrogen-bond acceptors (Lipinski definition) is 1. The Morgan fingerprint density at radius 1 is 1.12 bits per heavy atom. The minimum atomic E-state index is 1.10. The first-order valence-electron chi connectivity index (χ1n) is 5.41. The highest BCUT2D eigenvalue weighted by Gasteiger charge is 2.03. The molecular weight excluding hydrogens is 407 g/mol. The van der Waals surface area contributed by atoms with Crippen LogP contribution in [0.3, 0.4) is 0 Å². The fourth-order valence-corrected chi connectivity index (χ4v) is 3.93. The molecule has 0 radical (unpaired) electrons. The third kappa shape index (κ3) is 3.73. The molecular formula is C14H12BrIS. The Kier molecular flexibility index (Phi) is 4.94. The van der Waals surface area contributed by atoms with Crippen molar-refractivity contribution in [2.75, 3.05) is 0 Å². The lowest BCUT2D eigenvalue weighted by molar-refractivity contribution is 1.13. The summed E-state index contributed by atoms with van der Waals surface area (Å²) in [6.07, 6.45) is 1.10. The first-order chi connectivity index (χ1) is 8.19. The van der Waals surface area contributed by atoms with Crippen molar-refractivity contribution >= 4 is 50.3 Å². The molecule has 0 N–H and O–H groups in total. The highest BCUT2D eigenvalue weighted by atomic mass is 127. The summed E-state index contributed by atoms with van der Waals surface area (Å²) in [4.78, 5) is 2.60. The minimum Gasteiger partial charge on any atom is -0.0890 e. The highest BCUT2D eigenvalue weighted by Crippen LogP contribution is 2.32. The molecule has 2 rings (SSSR count). The summed E-state index contributed by atoms with van der Waals surface area (Å²) in [5, 5.41) is 0. The summed E-state index contributed by atoms with van der Waals surface area (Å²) >= 11 is 7.68. The number of aryl methyl sites for hydroxylation is 1. The average Bonchev–Trinajstić information content (AvgIpc) is 2.34. The Bertz CT molecular complexity index is 508. The molecule has 88 valence electrons. The maximum atomic E-state index is 3.49. The number of benzene rings is 2. The van der Waals surface area contributed by atoms with Crippen LogP contribution in [0.4, 0.5) is 0 Å². The van der Waals surface area contributed by atoms with Gasteiger partial charge in [0.05, 0.1) is 0 Å². The van der Waals surface area contributed by atoms with Crippen molar-refractivity contribution in [3.63, 3.8) is 0 Å². The standard InChI is InChI=1S/C14H12BrIS/c1-2-10-3-6-12(7-4-10)17-14-8-5-11(15)9-13(14)16/h3-9H,2H2,1H3. The van der Waals surface area contributed by atoms with E-state index in [1.54, 1.807) is 0 Å². The first kappa shape index (κ1) is 13.4. The summed E-state index contributed by atoms with van der Waals surface area (Å²) in [5.41, 5.74) is 1.39. The summed E-state index contributed by atoms with van der Waals surface area (Å²) in [7, 11) is 0. The van der Waals surface area contributed by atoms with Crippen molar-refractivity contribution in [2.24, 2.45) is 0 Å². The molecule has 17 heavy (non-hydrogen) atoms. The van der Waals surface area contributed by atoms with Crippen LogP contribution in [0, 0.1) is 3.57 Å². The zero-order valence-electron chi connectivity index (χ0n) is 9.41. The fourth-order valence-electron chi connectivity index (χ4n) is 1.48. The van der Waals surface area contributed by atoms with Gasteiger partial charge in [-0.3, -0.25) is 0 Å². The molecule has 0 saturated heterocycles. The summed E-state index contributed by atoms with van der Waals surface area (Å²) in [6, 6.07) is 15.2. The predicted molar refractivity (Wildman–Crippen MR) is 86.8 cm³/mol. The van der Waals surface area contributed by atoms with Gasteiger partial charge < -0.3 is 0 Å². The Morgan fingerprint density at radius 3 is 2.41 bits per heavy atom. The van der Waals surface area contributed by atoms with Crippen LogP contribution in [-0.2, 0) is 6.42 Å². The van der Waals surface area contributed by atoms with Gasteiger partial charge in [-0.15, -0.1) is 0 Å². The Balaban J connectivity index is 2.19. The van der Waals surface area contributed by atoms with Gasteiger partial charge in [-0.1, -0.05) is 46.7 Å². The molecule has 3 heteroatoms. The van der Waals surface area contributed by atoms with E-state index >= 15 is 0 Å². The van der Waals surface area contributed by atoms with Crippen molar-refractivity contribution in [1.29, 1.82) is 0 Å². The van der Waals surface area contributed by atoms with Gasteiger partial charge in [0, 0.05) is 17.8 Å². The molecule has 2 aromatic carbocycles.